The molecule has 1 saturated heterocycles. The Hall–Kier alpha value is -3.15. The highest BCUT2D eigenvalue weighted by Crippen LogP contribution is 2.36. The van der Waals surface area contributed by atoms with Crippen LogP contribution in [-0.2, 0) is 22.3 Å². The van der Waals surface area contributed by atoms with E-state index in [-0.39, 0.29) is 41.6 Å². The number of hydrogen-bond donors (Lipinski definition) is 2. The molecule has 2 aromatic carbocycles. The fraction of sp³-hybridized carbons (Fsp3) is 0.533. The molecule has 4 rings (SSSR count). The molecule has 3 atom stereocenters. The predicted octanol–water partition coefficient (Wildman–Crippen LogP) is 4.42. The number of hydrogen-bond acceptors (Lipinski definition) is 6. The molecule has 0 radical (unpaired) electrons. The minimum atomic E-state index is -4.40. The van der Waals surface area contributed by atoms with E-state index in [2.05, 4.69) is 5.32 Å². The highest BCUT2D eigenvalue weighted by molar-refractivity contribution is 6.02. The second-order valence-electron chi connectivity index (χ2n) is 11.1. The largest absolute Gasteiger partial charge is 0.486 e. The average Bonchev–Trinajstić information content (AvgIpc) is 2.95. The van der Waals surface area contributed by atoms with E-state index >= 15 is 0 Å². The summed E-state index contributed by atoms with van der Waals surface area (Å²) in [6, 6.07) is 9.67. The van der Waals surface area contributed by atoms with E-state index in [4.69, 9.17) is 9.47 Å². The lowest BCUT2D eigenvalue weighted by atomic mass is 9.98. The zero-order chi connectivity index (χ0) is 29.7. The Labute approximate surface area is 238 Å². The summed E-state index contributed by atoms with van der Waals surface area (Å²) in [6.07, 6.45) is -3.61. The maximum atomic E-state index is 13.7. The third-order valence-electron chi connectivity index (χ3n) is 7.77. The Bertz CT molecular complexity index is 1200. The molecule has 0 saturated carbocycles. The Morgan fingerprint density at radius 1 is 1.17 bits per heavy atom. The summed E-state index contributed by atoms with van der Waals surface area (Å²) >= 11 is 0. The summed E-state index contributed by atoms with van der Waals surface area (Å²) in [5, 5.41) is 12.9. The van der Waals surface area contributed by atoms with Crippen LogP contribution in [0.4, 0.5) is 18.9 Å². The summed E-state index contributed by atoms with van der Waals surface area (Å²) in [7, 11) is 1.85. The number of amides is 2. The van der Waals surface area contributed by atoms with Gasteiger partial charge in [0.25, 0.3) is 5.91 Å². The van der Waals surface area contributed by atoms with Crippen LogP contribution in [0.3, 0.4) is 0 Å². The number of nitrogens with zero attached hydrogens (tertiary/aromatic N) is 2. The van der Waals surface area contributed by atoms with Gasteiger partial charge >= 0.3 is 6.18 Å². The molecule has 2 aliphatic rings. The van der Waals surface area contributed by atoms with Gasteiger partial charge in [-0.25, -0.2) is 0 Å². The molecule has 0 bridgehead atoms. The first-order valence-corrected chi connectivity index (χ1v) is 13.9. The molecule has 11 heteroatoms. The first-order valence-electron chi connectivity index (χ1n) is 13.9. The number of fused-ring (bicyclic) bond motifs is 1. The van der Waals surface area contributed by atoms with Gasteiger partial charge in [0.05, 0.1) is 29.5 Å². The van der Waals surface area contributed by atoms with Crippen LogP contribution in [0.1, 0.15) is 48.2 Å². The van der Waals surface area contributed by atoms with Crippen molar-refractivity contribution in [1.82, 2.24) is 9.80 Å². The Balaban J connectivity index is 1.60. The molecule has 41 heavy (non-hydrogen) atoms. The van der Waals surface area contributed by atoms with Crippen LogP contribution >= 0.6 is 0 Å². The summed E-state index contributed by atoms with van der Waals surface area (Å²) in [5.41, 5.74) is 0.705. The van der Waals surface area contributed by atoms with Crippen LogP contribution < -0.4 is 10.1 Å². The molecule has 0 aromatic heterocycles. The van der Waals surface area contributed by atoms with Crippen molar-refractivity contribution in [2.45, 2.75) is 51.6 Å². The maximum Gasteiger partial charge on any atom is 0.416 e. The molecule has 8 nitrogen and oxygen atoms in total. The molecule has 2 heterocycles. The van der Waals surface area contributed by atoms with Crippen molar-refractivity contribution in [2.24, 2.45) is 11.8 Å². The Morgan fingerprint density at radius 2 is 1.85 bits per heavy atom. The van der Waals surface area contributed by atoms with E-state index in [0.29, 0.717) is 51.4 Å². The fourth-order valence-electron chi connectivity index (χ4n) is 5.24. The number of aliphatic hydroxyl groups excluding tert-OH is 1. The minimum Gasteiger partial charge on any atom is -0.486 e. The van der Waals surface area contributed by atoms with E-state index < -0.39 is 23.9 Å². The molecular weight excluding hydrogens is 539 g/mol. The summed E-state index contributed by atoms with van der Waals surface area (Å²) in [5.74, 6) is -0.571. The number of aliphatic hydroxyl groups is 1. The van der Waals surface area contributed by atoms with E-state index in [1.54, 1.807) is 30.0 Å². The standard InChI is InChI=1S/C30H38F3N3O5/c1-19-15-36(20(2)18-37)29(39)24-5-4-6-25(34-28(38)22-11-13-40-14-12-22)27(24)41-26(19)17-35(3)16-21-7-9-23(10-8-21)30(31,32)33/h4-10,19-20,22,26,37H,11-18H2,1-3H3,(H,34,38)/t19-,20-,26-/m0/s1. The highest BCUT2D eigenvalue weighted by atomic mass is 19.4. The van der Waals surface area contributed by atoms with Gasteiger partial charge < -0.3 is 24.8 Å². The number of carbonyl (C=O) groups excluding carboxylic acids is 2. The third-order valence-corrected chi connectivity index (χ3v) is 7.77. The van der Waals surface area contributed by atoms with Gasteiger partial charge in [-0.05, 0) is 56.6 Å². The van der Waals surface area contributed by atoms with Crippen molar-refractivity contribution in [1.29, 1.82) is 0 Å². The molecule has 0 spiro atoms. The number of likely N-dealkylation sites (N-methyl/N-ethyl adjacent to an activating group) is 1. The molecule has 2 amide bonds. The van der Waals surface area contributed by atoms with Crippen LogP contribution in [0.5, 0.6) is 5.75 Å². The zero-order valence-electron chi connectivity index (χ0n) is 23.6. The van der Waals surface area contributed by atoms with Gasteiger partial charge in [-0.2, -0.15) is 13.2 Å². The van der Waals surface area contributed by atoms with Crippen LogP contribution in [0, 0.1) is 11.8 Å². The number of rotatable bonds is 8. The first-order chi connectivity index (χ1) is 19.5. The van der Waals surface area contributed by atoms with Crippen molar-refractivity contribution in [2.75, 3.05) is 45.3 Å². The highest BCUT2D eigenvalue weighted by Gasteiger charge is 2.35. The number of para-hydroxylation sites is 1. The quantitative estimate of drug-likeness (QED) is 0.483. The molecule has 224 valence electrons. The SMILES string of the molecule is C[C@H]1CN([C@@H](C)CO)C(=O)c2cccc(NC(=O)C3CCOCC3)c2O[C@H]1CN(C)Cc1ccc(C(F)(F)F)cc1. The number of anilines is 1. The van der Waals surface area contributed by atoms with E-state index in [1.165, 1.54) is 12.1 Å². The Kier molecular flexibility index (Phi) is 9.93. The minimum absolute atomic E-state index is 0.163. The maximum absolute atomic E-state index is 13.7. The number of benzene rings is 2. The molecule has 1 fully saturated rings. The van der Waals surface area contributed by atoms with Gasteiger partial charge in [0, 0.05) is 44.7 Å². The summed E-state index contributed by atoms with van der Waals surface area (Å²) in [6.45, 7) is 5.65. The lowest BCUT2D eigenvalue weighted by molar-refractivity contribution is -0.137. The fourth-order valence-corrected chi connectivity index (χ4v) is 5.24. The lowest BCUT2D eigenvalue weighted by Crippen LogP contribution is -2.49. The number of ether oxygens (including phenoxy) is 2. The zero-order valence-corrected chi connectivity index (χ0v) is 23.6. The van der Waals surface area contributed by atoms with Gasteiger partial charge in [0.15, 0.2) is 5.75 Å². The van der Waals surface area contributed by atoms with Gasteiger partial charge in [-0.3, -0.25) is 14.5 Å². The van der Waals surface area contributed by atoms with Crippen LogP contribution in [0.2, 0.25) is 0 Å². The van der Waals surface area contributed by atoms with Gasteiger partial charge in [0.2, 0.25) is 5.91 Å². The van der Waals surface area contributed by atoms with Crippen LogP contribution in [0.25, 0.3) is 0 Å². The van der Waals surface area contributed by atoms with Crippen molar-refractivity contribution in [3.05, 3.63) is 59.2 Å². The molecule has 2 aliphatic heterocycles. The number of alkyl halides is 3. The van der Waals surface area contributed by atoms with E-state index in [1.807, 2.05) is 18.9 Å². The average molecular weight is 578 g/mol. The normalized spacial score (nSPS) is 21.1. The molecule has 2 aromatic rings. The van der Waals surface area contributed by atoms with Crippen molar-refractivity contribution in [3.8, 4) is 5.75 Å². The first kappa shape index (κ1) is 30.8. The predicted molar refractivity (Wildman–Crippen MR) is 148 cm³/mol. The molecular formula is C30H38F3N3O5. The topological polar surface area (TPSA) is 91.3 Å². The third kappa shape index (κ3) is 7.58. The van der Waals surface area contributed by atoms with Crippen molar-refractivity contribution >= 4 is 17.5 Å². The van der Waals surface area contributed by atoms with Crippen molar-refractivity contribution in [3.63, 3.8) is 0 Å². The van der Waals surface area contributed by atoms with Gasteiger partial charge in [-0.15, -0.1) is 0 Å². The second kappa shape index (κ2) is 13.2. The molecule has 2 N–H and O–H groups in total. The van der Waals surface area contributed by atoms with Gasteiger partial charge in [-0.1, -0.05) is 25.1 Å². The Morgan fingerprint density at radius 3 is 2.49 bits per heavy atom. The smallest absolute Gasteiger partial charge is 0.416 e. The number of carbonyl (C=O) groups is 2. The van der Waals surface area contributed by atoms with Crippen molar-refractivity contribution < 1.29 is 37.3 Å². The van der Waals surface area contributed by atoms with E-state index in [9.17, 15) is 27.9 Å². The van der Waals surface area contributed by atoms with E-state index in [0.717, 1.165) is 17.7 Å². The second-order valence-corrected chi connectivity index (χ2v) is 11.1. The number of nitrogens with one attached hydrogen (secondary N) is 1. The summed E-state index contributed by atoms with van der Waals surface area (Å²) < 4.78 is 50.9. The number of halogens is 3. The monoisotopic (exact) mass is 577 g/mol. The van der Waals surface area contributed by atoms with Crippen LogP contribution in [-0.4, -0.2) is 78.8 Å². The van der Waals surface area contributed by atoms with Gasteiger partial charge in [0.1, 0.15) is 6.10 Å². The summed E-state index contributed by atoms with van der Waals surface area (Å²) in [4.78, 5) is 30.3. The van der Waals surface area contributed by atoms with Crippen LogP contribution in [0.15, 0.2) is 42.5 Å². The molecule has 0 unspecified atom stereocenters. The molecule has 0 aliphatic carbocycles. The lowest BCUT2D eigenvalue weighted by Gasteiger charge is -2.38.